The lowest BCUT2D eigenvalue weighted by molar-refractivity contribution is 0.410. The molecule has 0 bridgehead atoms. The molecular formula is C21H24OS. The number of hydrogen-bond donors (Lipinski definition) is 0. The van der Waals surface area contributed by atoms with Crippen LogP contribution in [0, 0.1) is 20.8 Å². The SMILES string of the molecule is C=C(S/C=C/Cc1cc(C)c(C)cc1OC)c1ccc(C)cc1. The Kier molecular flexibility index (Phi) is 6.12. The van der Waals surface area contributed by atoms with E-state index < -0.39 is 0 Å². The molecule has 0 heterocycles. The Bertz CT molecular complexity index is 711. The molecule has 0 aromatic heterocycles. The first-order valence-electron chi connectivity index (χ1n) is 7.73. The molecular weight excluding hydrogens is 300 g/mol. The van der Waals surface area contributed by atoms with Gasteiger partial charge in [0.25, 0.3) is 0 Å². The van der Waals surface area contributed by atoms with E-state index in [1.165, 1.54) is 27.8 Å². The maximum absolute atomic E-state index is 5.48. The fourth-order valence-corrected chi connectivity index (χ4v) is 2.94. The Labute approximate surface area is 144 Å². The van der Waals surface area contributed by atoms with Crippen LogP contribution in [0.25, 0.3) is 4.91 Å². The smallest absolute Gasteiger partial charge is 0.122 e. The zero-order valence-electron chi connectivity index (χ0n) is 14.3. The Morgan fingerprint density at radius 2 is 1.74 bits per heavy atom. The number of allylic oxidation sites excluding steroid dienone is 1. The Balaban J connectivity index is 1.98. The number of benzene rings is 2. The first-order chi connectivity index (χ1) is 11.0. The first kappa shape index (κ1) is 17.4. The maximum Gasteiger partial charge on any atom is 0.122 e. The number of rotatable bonds is 6. The third-order valence-electron chi connectivity index (χ3n) is 3.91. The largest absolute Gasteiger partial charge is 0.496 e. The van der Waals surface area contributed by atoms with E-state index in [2.05, 4.69) is 75.2 Å². The van der Waals surface area contributed by atoms with Crippen molar-refractivity contribution in [3.63, 3.8) is 0 Å². The van der Waals surface area contributed by atoms with E-state index in [0.717, 1.165) is 17.1 Å². The quantitative estimate of drug-likeness (QED) is 0.636. The molecule has 2 aromatic carbocycles. The first-order valence-corrected chi connectivity index (χ1v) is 8.61. The summed E-state index contributed by atoms with van der Waals surface area (Å²) in [5.74, 6) is 0.958. The monoisotopic (exact) mass is 324 g/mol. The van der Waals surface area contributed by atoms with Crippen LogP contribution in [0.5, 0.6) is 5.75 Å². The summed E-state index contributed by atoms with van der Waals surface area (Å²) >= 11 is 1.66. The van der Waals surface area contributed by atoms with Crippen molar-refractivity contribution in [1.29, 1.82) is 0 Å². The molecule has 120 valence electrons. The van der Waals surface area contributed by atoms with Gasteiger partial charge >= 0.3 is 0 Å². The van der Waals surface area contributed by atoms with Crippen LogP contribution in [0.15, 0.2) is 54.5 Å². The van der Waals surface area contributed by atoms with Gasteiger partial charge in [-0.1, -0.05) is 60.3 Å². The number of aryl methyl sites for hydroxylation is 3. The average Bonchev–Trinajstić information content (AvgIpc) is 2.54. The summed E-state index contributed by atoms with van der Waals surface area (Å²) in [4.78, 5) is 1.06. The van der Waals surface area contributed by atoms with E-state index in [1.807, 2.05) is 0 Å². The highest BCUT2D eigenvalue weighted by molar-refractivity contribution is 8.10. The number of ether oxygens (including phenoxy) is 1. The van der Waals surface area contributed by atoms with Gasteiger partial charge in [-0.3, -0.25) is 0 Å². The van der Waals surface area contributed by atoms with Crippen molar-refractivity contribution in [3.05, 3.63) is 82.3 Å². The molecule has 0 radical (unpaired) electrons. The summed E-state index contributed by atoms with van der Waals surface area (Å²) in [6.07, 6.45) is 3.02. The van der Waals surface area contributed by atoms with Gasteiger partial charge in [0.05, 0.1) is 7.11 Å². The van der Waals surface area contributed by atoms with Crippen molar-refractivity contribution in [2.24, 2.45) is 0 Å². The normalized spacial score (nSPS) is 11.0. The second-order valence-electron chi connectivity index (χ2n) is 5.73. The minimum Gasteiger partial charge on any atom is -0.496 e. The van der Waals surface area contributed by atoms with Gasteiger partial charge in [0.1, 0.15) is 5.75 Å². The van der Waals surface area contributed by atoms with Crippen molar-refractivity contribution in [2.75, 3.05) is 7.11 Å². The molecule has 0 aliphatic rings. The molecule has 2 heteroatoms. The van der Waals surface area contributed by atoms with Crippen molar-refractivity contribution in [1.82, 2.24) is 0 Å². The van der Waals surface area contributed by atoms with Crippen molar-refractivity contribution in [2.45, 2.75) is 27.2 Å². The van der Waals surface area contributed by atoms with Crippen LogP contribution in [-0.2, 0) is 6.42 Å². The number of hydrogen-bond acceptors (Lipinski definition) is 2. The summed E-state index contributed by atoms with van der Waals surface area (Å²) < 4.78 is 5.48. The van der Waals surface area contributed by atoms with Gasteiger partial charge in [0.15, 0.2) is 0 Å². The van der Waals surface area contributed by atoms with Crippen LogP contribution < -0.4 is 4.74 Å². The molecule has 0 unspecified atom stereocenters. The summed E-state index contributed by atoms with van der Waals surface area (Å²) in [6.45, 7) is 10.5. The molecule has 0 atom stereocenters. The van der Waals surface area contributed by atoms with Gasteiger partial charge in [0.2, 0.25) is 0 Å². The van der Waals surface area contributed by atoms with E-state index in [9.17, 15) is 0 Å². The van der Waals surface area contributed by atoms with E-state index in [-0.39, 0.29) is 0 Å². The lowest BCUT2D eigenvalue weighted by atomic mass is 10.0. The van der Waals surface area contributed by atoms with E-state index >= 15 is 0 Å². The highest BCUT2D eigenvalue weighted by Crippen LogP contribution is 2.28. The second-order valence-corrected chi connectivity index (χ2v) is 6.73. The van der Waals surface area contributed by atoms with E-state index in [4.69, 9.17) is 4.74 Å². The molecule has 23 heavy (non-hydrogen) atoms. The summed E-state index contributed by atoms with van der Waals surface area (Å²) in [7, 11) is 1.73. The van der Waals surface area contributed by atoms with Crippen LogP contribution in [0.2, 0.25) is 0 Å². The zero-order valence-corrected chi connectivity index (χ0v) is 15.2. The molecule has 0 saturated heterocycles. The highest BCUT2D eigenvalue weighted by Gasteiger charge is 2.04. The molecule has 0 aliphatic carbocycles. The minimum atomic E-state index is 0.860. The number of thioether (sulfide) groups is 1. The van der Waals surface area contributed by atoms with Gasteiger partial charge in [-0.05, 0) is 60.9 Å². The van der Waals surface area contributed by atoms with Gasteiger partial charge in [0, 0.05) is 4.91 Å². The van der Waals surface area contributed by atoms with E-state index in [1.54, 1.807) is 18.9 Å². The maximum atomic E-state index is 5.48. The average molecular weight is 324 g/mol. The predicted octanol–water partition coefficient (Wildman–Crippen LogP) is 6.08. The van der Waals surface area contributed by atoms with Crippen LogP contribution in [0.3, 0.4) is 0 Å². The van der Waals surface area contributed by atoms with Crippen LogP contribution in [0.1, 0.15) is 27.8 Å². The fraction of sp³-hybridized carbons (Fsp3) is 0.238. The molecule has 0 fully saturated rings. The topological polar surface area (TPSA) is 9.23 Å². The van der Waals surface area contributed by atoms with Gasteiger partial charge in [-0.2, -0.15) is 0 Å². The molecule has 0 saturated carbocycles. The number of methoxy groups -OCH3 is 1. The van der Waals surface area contributed by atoms with Gasteiger partial charge in [-0.15, -0.1) is 0 Å². The standard InChI is InChI=1S/C21H24OS/c1-15-8-10-19(11-9-15)18(4)23-12-6-7-20-13-16(2)17(3)14-21(20)22-5/h6,8-14H,4,7H2,1-3,5H3/b12-6+. The van der Waals surface area contributed by atoms with Crippen LogP contribution >= 0.6 is 11.8 Å². The molecule has 1 nitrogen and oxygen atoms in total. The third kappa shape index (κ3) is 4.77. The zero-order chi connectivity index (χ0) is 16.8. The van der Waals surface area contributed by atoms with Crippen molar-refractivity contribution in [3.8, 4) is 5.75 Å². The molecule has 0 aliphatic heterocycles. The summed E-state index contributed by atoms with van der Waals surface area (Å²) in [6, 6.07) is 12.8. The molecule has 0 N–H and O–H groups in total. The minimum absolute atomic E-state index is 0.860. The van der Waals surface area contributed by atoms with Crippen LogP contribution in [0.4, 0.5) is 0 Å². The van der Waals surface area contributed by atoms with Crippen molar-refractivity contribution >= 4 is 16.7 Å². The van der Waals surface area contributed by atoms with Gasteiger partial charge < -0.3 is 4.74 Å². The van der Waals surface area contributed by atoms with E-state index in [0.29, 0.717) is 0 Å². The Hall–Kier alpha value is -1.93. The predicted molar refractivity (Wildman–Crippen MR) is 103 cm³/mol. The molecule has 0 amide bonds. The van der Waals surface area contributed by atoms with Crippen LogP contribution in [-0.4, -0.2) is 7.11 Å². The highest BCUT2D eigenvalue weighted by atomic mass is 32.2. The van der Waals surface area contributed by atoms with Crippen molar-refractivity contribution < 1.29 is 4.74 Å². The van der Waals surface area contributed by atoms with Gasteiger partial charge in [-0.25, -0.2) is 0 Å². The fourth-order valence-electron chi connectivity index (χ4n) is 2.31. The molecule has 0 spiro atoms. The Morgan fingerprint density at radius 1 is 1.09 bits per heavy atom. The Morgan fingerprint density at radius 3 is 2.39 bits per heavy atom. The second kappa shape index (κ2) is 8.07. The third-order valence-corrected chi connectivity index (χ3v) is 4.76. The molecule has 2 aromatic rings. The lowest BCUT2D eigenvalue weighted by Gasteiger charge is -2.10. The lowest BCUT2D eigenvalue weighted by Crippen LogP contribution is -1.94. The summed E-state index contributed by atoms with van der Waals surface area (Å²) in [5.41, 5.74) is 6.22. The molecule has 2 rings (SSSR count). The summed E-state index contributed by atoms with van der Waals surface area (Å²) in [5, 5.41) is 2.11.